The van der Waals surface area contributed by atoms with Gasteiger partial charge in [-0.05, 0) is 58.8 Å². The van der Waals surface area contributed by atoms with Gasteiger partial charge in [-0.3, -0.25) is 5.41 Å². The summed E-state index contributed by atoms with van der Waals surface area (Å²) in [5.41, 5.74) is 10.1. The summed E-state index contributed by atoms with van der Waals surface area (Å²) < 4.78 is 3.28. The van der Waals surface area contributed by atoms with Crippen molar-refractivity contribution in [1.29, 1.82) is 5.41 Å². The number of nitrogens with zero attached hydrogens (tertiary/aromatic N) is 2. The van der Waals surface area contributed by atoms with Crippen LogP contribution in [0, 0.1) is 19.3 Å². The second-order valence-electron chi connectivity index (χ2n) is 6.34. The van der Waals surface area contributed by atoms with Crippen molar-refractivity contribution in [2.75, 3.05) is 0 Å². The fraction of sp³-hybridized carbons (Fsp3) is 0.250. The Hall–Kier alpha value is -0.440. The molecule has 0 bridgehead atoms. The van der Waals surface area contributed by atoms with Gasteiger partial charge in [0.15, 0.2) is 0 Å². The molecule has 0 amide bonds. The fourth-order valence-electron chi connectivity index (χ4n) is 2.12. The van der Waals surface area contributed by atoms with Gasteiger partial charge in [-0.2, -0.15) is 4.37 Å². The Morgan fingerprint density at radius 1 is 1.00 bits per heavy atom. The number of aromatic nitrogens is 2. The van der Waals surface area contributed by atoms with Crippen LogP contribution in [0.15, 0.2) is 48.5 Å². The highest BCUT2D eigenvalue weighted by atomic mass is 35.7. The molecule has 0 saturated carbocycles. The Morgan fingerprint density at radius 3 is 1.78 bits per heavy atom. The maximum absolute atomic E-state index is 7.06. The van der Waals surface area contributed by atoms with Gasteiger partial charge in [-0.15, -0.1) is 12.4 Å². The first-order valence-electron chi connectivity index (χ1n) is 8.77. The molecular weight excluding hydrogens is 573 g/mol. The van der Waals surface area contributed by atoms with E-state index in [-0.39, 0.29) is 18.2 Å². The van der Waals surface area contributed by atoms with E-state index < -0.39 is 3.12 Å². The summed E-state index contributed by atoms with van der Waals surface area (Å²) in [6, 6.07) is 16.4. The van der Waals surface area contributed by atoms with E-state index in [1.54, 1.807) is 0 Å². The lowest BCUT2D eigenvalue weighted by molar-refractivity contribution is 1.04. The Bertz CT molecular complexity index is 929. The second kappa shape index (κ2) is 16.2. The van der Waals surface area contributed by atoms with Crippen molar-refractivity contribution in [2.24, 2.45) is 5.73 Å². The van der Waals surface area contributed by atoms with Crippen LogP contribution in [0.4, 0.5) is 0 Å². The molecule has 0 aliphatic rings. The van der Waals surface area contributed by atoms with Crippen LogP contribution in [0.2, 0.25) is 4.47 Å². The Balaban J connectivity index is 0.000000480. The number of aryl methyl sites for hydroxylation is 2. The molecule has 0 fully saturated rings. The van der Waals surface area contributed by atoms with Gasteiger partial charge in [0, 0.05) is 23.8 Å². The van der Waals surface area contributed by atoms with E-state index in [2.05, 4.69) is 40.5 Å². The number of benzene rings is 2. The Morgan fingerprint density at radius 2 is 1.44 bits per heavy atom. The average Bonchev–Trinajstić information content (AvgIpc) is 3.10. The van der Waals surface area contributed by atoms with Gasteiger partial charge >= 0.3 is 0 Å². The first-order chi connectivity index (χ1) is 14.5. The zero-order chi connectivity index (χ0) is 23.4. The Kier molecular flexibility index (Phi) is 16.0. The molecule has 12 heteroatoms. The van der Waals surface area contributed by atoms with E-state index in [0.29, 0.717) is 21.9 Å². The fourth-order valence-corrected chi connectivity index (χ4v) is 2.75. The molecule has 0 atom stereocenters. The van der Waals surface area contributed by atoms with Crippen LogP contribution in [0.5, 0.6) is 0 Å². The highest BCUT2D eigenvalue weighted by Crippen LogP contribution is 2.40. The standard InChI is InChI=1S/C10H9ClN2S.C9H12N2.CCl4S.ClH/c1-7-2-4-8(5-3-7)6-9-12-10(11)14-13-9;1-7-2-4-8(5-3-7)6-9(10)11;2-1(3,4)6-5;/h2-5H,6H2,1H3;2-5H,6H2,1H3,(H3,10,11);;1H. The van der Waals surface area contributed by atoms with E-state index in [0.717, 1.165) is 17.8 Å². The van der Waals surface area contributed by atoms with Crippen LogP contribution in [-0.2, 0) is 12.8 Å². The topological polar surface area (TPSA) is 75.7 Å². The predicted molar refractivity (Wildman–Crippen MR) is 147 cm³/mol. The minimum absolute atomic E-state index is 0. The highest BCUT2D eigenvalue weighted by Gasteiger charge is 2.17. The minimum Gasteiger partial charge on any atom is -0.387 e. The number of nitrogens with two attached hydrogens (primary N) is 1. The van der Waals surface area contributed by atoms with Gasteiger partial charge in [0.25, 0.3) is 3.12 Å². The number of hydrogen-bond donors (Lipinski definition) is 2. The van der Waals surface area contributed by atoms with Crippen molar-refractivity contribution >= 4 is 97.8 Å². The maximum atomic E-state index is 7.06. The van der Waals surface area contributed by atoms with Crippen LogP contribution in [-0.4, -0.2) is 18.3 Å². The average molecular weight is 595 g/mol. The van der Waals surface area contributed by atoms with Gasteiger partial charge in [-0.25, -0.2) is 4.98 Å². The molecule has 0 unspecified atom stereocenters. The third-order valence-corrected chi connectivity index (χ3v) is 6.64. The summed E-state index contributed by atoms with van der Waals surface area (Å²) >= 11 is 22.2. The summed E-state index contributed by atoms with van der Waals surface area (Å²) in [4.78, 5) is 4.10. The SMILES string of the molecule is Cc1ccc(CC(=N)N)cc1.Cc1ccc(Cc2nsc(Cl)n2)cc1.Cl.ClSC(Cl)(Cl)Cl. The molecule has 1 heterocycles. The molecule has 0 radical (unpaired) electrons. The molecular formula is C20H22Cl6N4S2. The molecule has 3 aromatic rings. The normalized spacial score (nSPS) is 10.1. The number of amidine groups is 1. The first kappa shape index (κ1) is 31.6. The number of nitrogens with one attached hydrogen (secondary N) is 1. The van der Waals surface area contributed by atoms with Crippen molar-refractivity contribution in [3.8, 4) is 0 Å². The van der Waals surface area contributed by atoms with Gasteiger partial charge in [-0.1, -0.05) is 94.5 Å². The van der Waals surface area contributed by atoms with E-state index in [1.807, 2.05) is 31.2 Å². The quantitative estimate of drug-likeness (QED) is 0.181. The largest absolute Gasteiger partial charge is 0.387 e. The number of hydrogen-bond acceptors (Lipinski definition) is 5. The van der Waals surface area contributed by atoms with Crippen LogP contribution < -0.4 is 5.73 Å². The lowest BCUT2D eigenvalue weighted by atomic mass is 10.1. The summed E-state index contributed by atoms with van der Waals surface area (Å²) in [5, 5.41) is 7.06. The first-order valence-corrected chi connectivity index (χ1v) is 12.7. The molecule has 176 valence electrons. The zero-order valence-electron chi connectivity index (χ0n) is 17.1. The zero-order valence-corrected chi connectivity index (χ0v) is 23.3. The summed E-state index contributed by atoms with van der Waals surface area (Å²) in [6.45, 7) is 4.11. The number of alkyl halides is 3. The van der Waals surface area contributed by atoms with Gasteiger partial charge in [0.1, 0.15) is 5.82 Å². The van der Waals surface area contributed by atoms with Crippen LogP contribution in [0.1, 0.15) is 28.1 Å². The molecule has 0 aliphatic heterocycles. The smallest absolute Gasteiger partial charge is 0.251 e. The molecule has 0 saturated heterocycles. The summed E-state index contributed by atoms with van der Waals surface area (Å²) in [6.07, 6.45) is 1.31. The van der Waals surface area contributed by atoms with Gasteiger partial charge in [0.2, 0.25) is 4.47 Å². The van der Waals surface area contributed by atoms with Crippen molar-refractivity contribution in [3.63, 3.8) is 0 Å². The van der Waals surface area contributed by atoms with Gasteiger partial charge < -0.3 is 5.73 Å². The van der Waals surface area contributed by atoms with Crippen molar-refractivity contribution in [1.82, 2.24) is 9.36 Å². The third kappa shape index (κ3) is 15.4. The molecule has 4 nitrogen and oxygen atoms in total. The van der Waals surface area contributed by atoms with Crippen molar-refractivity contribution in [2.45, 2.75) is 29.8 Å². The maximum Gasteiger partial charge on any atom is 0.251 e. The minimum atomic E-state index is -1.36. The van der Waals surface area contributed by atoms with E-state index >= 15 is 0 Å². The summed E-state index contributed by atoms with van der Waals surface area (Å²) in [5.74, 6) is 1.01. The van der Waals surface area contributed by atoms with E-state index in [9.17, 15) is 0 Å². The molecule has 0 spiro atoms. The molecule has 1 aromatic heterocycles. The number of halogens is 6. The monoisotopic (exact) mass is 592 g/mol. The van der Waals surface area contributed by atoms with Crippen LogP contribution in [0.3, 0.4) is 0 Å². The summed E-state index contributed by atoms with van der Waals surface area (Å²) in [7, 11) is 5.65. The van der Waals surface area contributed by atoms with E-state index in [4.69, 9.17) is 68.2 Å². The van der Waals surface area contributed by atoms with Crippen molar-refractivity contribution < 1.29 is 0 Å². The lowest BCUT2D eigenvalue weighted by Crippen LogP contribution is -2.12. The van der Waals surface area contributed by atoms with Crippen LogP contribution >= 0.6 is 92.0 Å². The molecule has 0 aliphatic carbocycles. The Labute approximate surface area is 227 Å². The predicted octanol–water partition coefficient (Wildman–Crippen LogP) is 8.19. The van der Waals surface area contributed by atoms with Crippen LogP contribution in [0.25, 0.3) is 0 Å². The number of rotatable bonds is 4. The molecule has 3 rings (SSSR count). The van der Waals surface area contributed by atoms with Crippen molar-refractivity contribution in [3.05, 3.63) is 81.1 Å². The van der Waals surface area contributed by atoms with Gasteiger partial charge in [0.05, 0.1) is 5.84 Å². The molecule has 2 aromatic carbocycles. The molecule has 3 N–H and O–H groups in total. The van der Waals surface area contributed by atoms with E-state index in [1.165, 1.54) is 28.2 Å². The lowest BCUT2D eigenvalue weighted by Gasteiger charge is -1.99. The molecule has 32 heavy (non-hydrogen) atoms. The second-order valence-corrected chi connectivity index (χ2v) is 11.9. The highest BCUT2D eigenvalue weighted by molar-refractivity contribution is 8.24. The third-order valence-electron chi connectivity index (χ3n) is 3.53.